The zero-order chi connectivity index (χ0) is 14.4. The first-order valence-electron chi connectivity index (χ1n) is 5.78. The molecule has 1 aromatic carbocycles. The molecule has 1 amide bonds. The van der Waals surface area contributed by atoms with Gasteiger partial charge in [-0.3, -0.25) is 14.9 Å². The Morgan fingerprint density at radius 3 is 2.45 bits per heavy atom. The fourth-order valence-corrected chi connectivity index (χ4v) is 1.31. The predicted octanol–water partition coefficient (Wildman–Crippen LogP) is 1.20. The Hall–Kier alpha value is -1.86. The molecule has 0 fully saturated rings. The summed E-state index contributed by atoms with van der Waals surface area (Å²) in [6.07, 6.45) is 0. The lowest BCUT2D eigenvalue weighted by Crippen LogP contribution is -2.42. The fourth-order valence-electron chi connectivity index (χ4n) is 1.31. The van der Waals surface area contributed by atoms with Gasteiger partial charge in [-0.2, -0.15) is 0 Å². The van der Waals surface area contributed by atoms with Crippen molar-refractivity contribution >= 4 is 24.0 Å². The van der Waals surface area contributed by atoms with Crippen molar-refractivity contribution in [2.45, 2.75) is 13.0 Å². The van der Waals surface area contributed by atoms with Crippen LogP contribution in [0.25, 0.3) is 0 Å². The molecule has 0 saturated heterocycles. The highest BCUT2D eigenvalue weighted by atomic mass is 35.5. The third-order valence-electron chi connectivity index (χ3n) is 2.81. The number of non-ortho nitro benzene ring substituents is 1. The number of benzene rings is 1. The molecule has 2 N–H and O–H groups in total. The molecule has 112 valence electrons. The number of hydrogen-bond donors (Lipinski definition) is 1. The summed E-state index contributed by atoms with van der Waals surface area (Å²) < 4.78 is 5.26. The van der Waals surface area contributed by atoms with Gasteiger partial charge in [0, 0.05) is 31.8 Å². The van der Waals surface area contributed by atoms with Gasteiger partial charge in [-0.1, -0.05) is 0 Å². The number of hydrogen-bond acceptors (Lipinski definition) is 5. The van der Waals surface area contributed by atoms with E-state index in [-0.39, 0.29) is 36.7 Å². The van der Waals surface area contributed by atoms with Gasteiger partial charge in [0.05, 0.1) is 4.92 Å². The number of nitro groups is 1. The van der Waals surface area contributed by atoms with E-state index in [0.29, 0.717) is 12.3 Å². The fraction of sp³-hybridized carbons (Fsp3) is 0.417. The van der Waals surface area contributed by atoms with Crippen LogP contribution in [0.4, 0.5) is 5.69 Å². The minimum absolute atomic E-state index is 0. The summed E-state index contributed by atoms with van der Waals surface area (Å²) in [6.45, 7) is 2.09. The molecule has 1 aromatic rings. The number of rotatable bonds is 6. The Morgan fingerprint density at radius 1 is 1.45 bits per heavy atom. The van der Waals surface area contributed by atoms with Gasteiger partial charge in [0.25, 0.3) is 11.6 Å². The molecule has 0 heterocycles. The summed E-state index contributed by atoms with van der Waals surface area (Å²) in [7, 11) is 1.65. The molecule has 0 aromatic heterocycles. The van der Waals surface area contributed by atoms with Crippen LogP contribution in [0.3, 0.4) is 0 Å². The third kappa shape index (κ3) is 5.02. The van der Waals surface area contributed by atoms with Crippen LogP contribution in [-0.2, 0) is 4.79 Å². The smallest absolute Gasteiger partial charge is 0.269 e. The highest BCUT2D eigenvalue weighted by Crippen LogP contribution is 2.17. The summed E-state index contributed by atoms with van der Waals surface area (Å²) in [4.78, 5) is 23.2. The third-order valence-corrected chi connectivity index (χ3v) is 2.81. The SMILES string of the molecule is CC(CN)N(C)C(=O)COc1ccc([N+](=O)[O-])cc1.Cl. The minimum atomic E-state index is -0.494. The number of carbonyl (C=O) groups excluding carboxylic acids is 1. The topological polar surface area (TPSA) is 98.7 Å². The summed E-state index contributed by atoms with van der Waals surface area (Å²) in [5.41, 5.74) is 5.44. The predicted molar refractivity (Wildman–Crippen MR) is 77.1 cm³/mol. The maximum atomic E-state index is 11.7. The van der Waals surface area contributed by atoms with Crippen LogP contribution in [0.2, 0.25) is 0 Å². The van der Waals surface area contributed by atoms with Crippen LogP contribution >= 0.6 is 12.4 Å². The molecular formula is C12H18ClN3O4. The van der Waals surface area contributed by atoms with Gasteiger partial charge in [0.1, 0.15) is 5.75 Å². The van der Waals surface area contributed by atoms with E-state index in [1.807, 2.05) is 6.92 Å². The standard InChI is InChI=1S/C12H17N3O4.ClH/c1-9(7-13)14(2)12(16)8-19-11-5-3-10(4-6-11)15(17)18;/h3-6,9H,7-8,13H2,1-2H3;1H. The Bertz CT molecular complexity index is 453. The highest BCUT2D eigenvalue weighted by molar-refractivity contribution is 5.85. The number of carbonyl (C=O) groups is 1. The molecule has 1 unspecified atom stereocenters. The van der Waals surface area contributed by atoms with Crippen molar-refractivity contribution in [1.29, 1.82) is 0 Å². The van der Waals surface area contributed by atoms with Gasteiger partial charge in [-0.05, 0) is 19.1 Å². The molecule has 1 rings (SSSR count). The first-order valence-corrected chi connectivity index (χ1v) is 5.78. The molecule has 1 atom stereocenters. The van der Waals surface area contributed by atoms with Crippen molar-refractivity contribution in [2.24, 2.45) is 5.73 Å². The van der Waals surface area contributed by atoms with Crippen molar-refractivity contribution in [3.63, 3.8) is 0 Å². The van der Waals surface area contributed by atoms with Crippen molar-refractivity contribution in [2.75, 3.05) is 20.2 Å². The number of nitrogens with zero attached hydrogens (tertiary/aromatic N) is 2. The molecular weight excluding hydrogens is 286 g/mol. The average Bonchev–Trinajstić information content (AvgIpc) is 2.43. The van der Waals surface area contributed by atoms with Crippen LogP contribution in [0.1, 0.15) is 6.92 Å². The van der Waals surface area contributed by atoms with Crippen molar-refractivity contribution in [1.82, 2.24) is 4.90 Å². The van der Waals surface area contributed by atoms with Gasteiger partial charge in [-0.25, -0.2) is 0 Å². The molecule has 0 aliphatic rings. The van der Waals surface area contributed by atoms with E-state index < -0.39 is 4.92 Å². The molecule has 20 heavy (non-hydrogen) atoms. The van der Waals surface area contributed by atoms with Gasteiger partial charge in [0.15, 0.2) is 6.61 Å². The Labute approximate surface area is 123 Å². The summed E-state index contributed by atoms with van der Waals surface area (Å²) in [5, 5.41) is 10.5. The minimum Gasteiger partial charge on any atom is -0.484 e. The van der Waals surface area contributed by atoms with Crippen LogP contribution < -0.4 is 10.5 Å². The second-order valence-electron chi connectivity index (χ2n) is 4.13. The molecule has 0 saturated carbocycles. The van der Waals surface area contributed by atoms with E-state index in [1.165, 1.54) is 29.2 Å². The van der Waals surface area contributed by atoms with Crippen molar-refractivity contribution < 1.29 is 14.5 Å². The number of likely N-dealkylation sites (N-methyl/N-ethyl adjacent to an activating group) is 1. The van der Waals surface area contributed by atoms with Crippen LogP contribution in [0.5, 0.6) is 5.75 Å². The van der Waals surface area contributed by atoms with Gasteiger partial charge >= 0.3 is 0 Å². The second-order valence-corrected chi connectivity index (χ2v) is 4.13. The van der Waals surface area contributed by atoms with Crippen LogP contribution in [-0.4, -0.2) is 42.0 Å². The average molecular weight is 304 g/mol. The molecule has 0 spiro atoms. The lowest BCUT2D eigenvalue weighted by molar-refractivity contribution is -0.384. The molecule has 7 nitrogen and oxygen atoms in total. The van der Waals surface area contributed by atoms with E-state index >= 15 is 0 Å². The second kappa shape index (κ2) is 8.34. The first-order chi connectivity index (χ1) is 8.95. The zero-order valence-electron chi connectivity index (χ0n) is 11.3. The largest absolute Gasteiger partial charge is 0.484 e. The normalized spacial score (nSPS) is 11.2. The van der Waals surface area contributed by atoms with Gasteiger partial charge in [-0.15, -0.1) is 12.4 Å². The maximum Gasteiger partial charge on any atom is 0.269 e. The van der Waals surface area contributed by atoms with Crippen LogP contribution in [0.15, 0.2) is 24.3 Å². The van der Waals surface area contributed by atoms with E-state index in [2.05, 4.69) is 0 Å². The summed E-state index contributed by atoms with van der Waals surface area (Å²) in [6, 6.07) is 5.50. The van der Waals surface area contributed by atoms with E-state index in [4.69, 9.17) is 10.5 Å². The van der Waals surface area contributed by atoms with E-state index in [9.17, 15) is 14.9 Å². The van der Waals surface area contributed by atoms with Gasteiger partial charge in [0.2, 0.25) is 0 Å². The molecule has 8 heteroatoms. The summed E-state index contributed by atoms with van der Waals surface area (Å²) in [5.74, 6) is 0.212. The summed E-state index contributed by atoms with van der Waals surface area (Å²) >= 11 is 0. The maximum absolute atomic E-state index is 11.7. The van der Waals surface area contributed by atoms with E-state index in [1.54, 1.807) is 7.05 Å². The van der Waals surface area contributed by atoms with Gasteiger partial charge < -0.3 is 15.4 Å². The van der Waals surface area contributed by atoms with Crippen molar-refractivity contribution in [3.8, 4) is 5.75 Å². The molecule has 0 aliphatic heterocycles. The lowest BCUT2D eigenvalue weighted by Gasteiger charge is -2.23. The number of nitro benzene ring substituents is 1. The van der Waals surface area contributed by atoms with Crippen molar-refractivity contribution in [3.05, 3.63) is 34.4 Å². The molecule has 0 aliphatic carbocycles. The first kappa shape index (κ1) is 18.1. The van der Waals surface area contributed by atoms with E-state index in [0.717, 1.165) is 0 Å². The highest BCUT2D eigenvalue weighted by Gasteiger charge is 2.15. The molecule has 0 radical (unpaired) electrons. The monoisotopic (exact) mass is 303 g/mol. The Morgan fingerprint density at radius 2 is 2.00 bits per heavy atom. The Kier molecular flexibility index (Phi) is 7.56. The Balaban J connectivity index is 0.00000361. The number of halogens is 1. The number of amides is 1. The lowest BCUT2D eigenvalue weighted by atomic mass is 10.3. The quantitative estimate of drug-likeness (QED) is 0.629. The number of nitrogens with two attached hydrogens (primary N) is 1. The molecule has 0 bridgehead atoms. The number of ether oxygens (including phenoxy) is 1. The zero-order valence-corrected chi connectivity index (χ0v) is 12.1. The van der Waals surface area contributed by atoms with Crippen LogP contribution in [0, 0.1) is 10.1 Å².